The summed E-state index contributed by atoms with van der Waals surface area (Å²) in [5, 5.41) is 11.4. The Hall–Kier alpha value is -3.94. The van der Waals surface area contributed by atoms with Crippen molar-refractivity contribution < 1.29 is 9.59 Å². The van der Waals surface area contributed by atoms with Gasteiger partial charge in [-0.3, -0.25) is 10.1 Å². The molecular formula is C25H30N6O2. The molecule has 3 aromatic rings. The van der Waals surface area contributed by atoms with E-state index in [0.717, 1.165) is 16.8 Å². The Morgan fingerprint density at radius 1 is 0.818 bits per heavy atom. The average molecular weight is 447 g/mol. The maximum Gasteiger partial charge on any atom is 0.324 e. The number of carbonyl (C=O) groups excluding carboxylic acids is 2. The molecule has 0 aliphatic heterocycles. The highest BCUT2D eigenvalue weighted by Gasteiger charge is 2.13. The molecule has 0 bridgehead atoms. The van der Waals surface area contributed by atoms with E-state index in [0.29, 0.717) is 34.6 Å². The highest BCUT2D eigenvalue weighted by atomic mass is 16.2. The molecule has 0 spiro atoms. The van der Waals surface area contributed by atoms with E-state index in [1.165, 1.54) is 5.56 Å². The summed E-state index contributed by atoms with van der Waals surface area (Å²) in [6, 6.07) is 12.3. The van der Waals surface area contributed by atoms with E-state index in [1.54, 1.807) is 38.2 Å². The van der Waals surface area contributed by atoms with Crippen LogP contribution in [-0.2, 0) is 0 Å². The molecule has 0 saturated carbocycles. The second kappa shape index (κ2) is 10.1. The quantitative estimate of drug-likeness (QED) is 0.402. The predicted octanol–water partition coefficient (Wildman–Crippen LogP) is 5.46. The predicted molar refractivity (Wildman–Crippen MR) is 133 cm³/mol. The SMILES string of the molecule is CNc1cc(NC(=O)Nc2cc(C(=O)Nc3ccc(C(C)C)c(C)c3)ccc2C)nc(C)n1. The lowest BCUT2D eigenvalue weighted by atomic mass is 9.97. The minimum Gasteiger partial charge on any atom is -0.373 e. The van der Waals surface area contributed by atoms with Crippen molar-refractivity contribution >= 4 is 34.9 Å². The molecule has 1 aromatic heterocycles. The van der Waals surface area contributed by atoms with Gasteiger partial charge in [0, 0.05) is 30.1 Å². The summed E-state index contributed by atoms with van der Waals surface area (Å²) in [4.78, 5) is 33.8. The van der Waals surface area contributed by atoms with Gasteiger partial charge in [0.15, 0.2) is 0 Å². The Labute approximate surface area is 194 Å². The van der Waals surface area contributed by atoms with Gasteiger partial charge in [-0.15, -0.1) is 0 Å². The zero-order valence-electron chi connectivity index (χ0n) is 19.8. The molecule has 4 N–H and O–H groups in total. The number of benzene rings is 2. The lowest BCUT2D eigenvalue weighted by molar-refractivity contribution is 0.102. The maximum absolute atomic E-state index is 12.8. The summed E-state index contributed by atoms with van der Waals surface area (Å²) in [6.07, 6.45) is 0. The summed E-state index contributed by atoms with van der Waals surface area (Å²) in [5.41, 5.74) is 4.92. The first kappa shape index (κ1) is 23.7. The summed E-state index contributed by atoms with van der Waals surface area (Å²) in [5.74, 6) is 1.67. The molecule has 0 fully saturated rings. The van der Waals surface area contributed by atoms with E-state index >= 15 is 0 Å². The van der Waals surface area contributed by atoms with Crippen LogP contribution in [0.1, 0.15) is 52.6 Å². The Morgan fingerprint density at radius 2 is 1.55 bits per heavy atom. The van der Waals surface area contributed by atoms with Crippen molar-refractivity contribution in [3.05, 3.63) is 70.5 Å². The highest BCUT2D eigenvalue weighted by Crippen LogP contribution is 2.23. The second-order valence-electron chi connectivity index (χ2n) is 8.22. The van der Waals surface area contributed by atoms with Crippen LogP contribution in [0, 0.1) is 20.8 Å². The van der Waals surface area contributed by atoms with E-state index in [9.17, 15) is 9.59 Å². The lowest BCUT2D eigenvalue weighted by Gasteiger charge is -2.14. The first-order chi connectivity index (χ1) is 15.7. The summed E-state index contributed by atoms with van der Waals surface area (Å²) < 4.78 is 0. The van der Waals surface area contributed by atoms with Gasteiger partial charge in [0.1, 0.15) is 17.5 Å². The third kappa shape index (κ3) is 6.06. The van der Waals surface area contributed by atoms with Gasteiger partial charge in [-0.25, -0.2) is 14.8 Å². The van der Waals surface area contributed by atoms with Crippen LogP contribution in [0.25, 0.3) is 0 Å². The summed E-state index contributed by atoms with van der Waals surface area (Å²) in [6.45, 7) is 9.93. The molecule has 3 amide bonds. The topological polar surface area (TPSA) is 108 Å². The van der Waals surface area contributed by atoms with Crippen molar-refractivity contribution in [2.24, 2.45) is 0 Å². The molecule has 0 atom stereocenters. The number of aromatic nitrogens is 2. The molecule has 2 aromatic carbocycles. The molecular weight excluding hydrogens is 416 g/mol. The zero-order chi connectivity index (χ0) is 24.1. The maximum atomic E-state index is 12.8. The molecule has 33 heavy (non-hydrogen) atoms. The van der Waals surface area contributed by atoms with Crippen LogP contribution in [0.15, 0.2) is 42.5 Å². The number of hydrogen-bond donors (Lipinski definition) is 4. The number of rotatable bonds is 6. The molecule has 0 unspecified atom stereocenters. The lowest BCUT2D eigenvalue weighted by Crippen LogP contribution is -2.21. The fourth-order valence-electron chi connectivity index (χ4n) is 3.53. The molecule has 8 nitrogen and oxygen atoms in total. The van der Waals surface area contributed by atoms with Gasteiger partial charge in [-0.2, -0.15) is 0 Å². The number of hydrogen-bond acceptors (Lipinski definition) is 5. The van der Waals surface area contributed by atoms with Crippen LogP contribution in [0.3, 0.4) is 0 Å². The van der Waals surface area contributed by atoms with Crippen LogP contribution >= 0.6 is 0 Å². The van der Waals surface area contributed by atoms with E-state index in [2.05, 4.69) is 45.1 Å². The fourth-order valence-corrected chi connectivity index (χ4v) is 3.53. The molecule has 0 radical (unpaired) electrons. The summed E-state index contributed by atoms with van der Waals surface area (Å²) in [7, 11) is 1.74. The van der Waals surface area contributed by atoms with Crippen molar-refractivity contribution in [2.45, 2.75) is 40.5 Å². The van der Waals surface area contributed by atoms with Gasteiger partial charge in [0.05, 0.1) is 0 Å². The number of amides is 3. The van der Waals surface area contributed by atoms with Crippen molar-refractivity contribution in [1.82, 2.24) is 9.97 Å². The number of nitrogens with zero attached hydrogens (tertiary/aromatic N) is 2. The van der Waals surface area contributed by atoms with E-state index in [4.69, 9.17) is 0 Å². The molecule has 0 aliphatic rings. The number of anilines is 4. The standard InChI is InChI=1S/C25H30N6O2/c1-14(2)20-10-9-19(11-16(20)4)29-24(32)18-8-7-15(3)21(12-18)30-25(33)31-23-13-22(26-6)27-17(5)28-23/h7-14H,1-6H3,(H,29,32)(H3,26,27,28,30,31,33). The molecule has 0 saturated heterocycles. The smallest absolute Gasteiger partial charge is 0.324 e. The minimum atomic E-state index is -0.462. The van der Waals surface area contributed by atoms with Crippen LogP contribution < -0.4 is 21.3 Å². The van der Waals surface area contributed by atoms with Crippen molar-refractivity contribution in [3.63, 3.8) is 0 Å². The number of carbonyl (C=O) groups is 2. The normalized spacial score (nSPS) is 10.6. The molecule has 8 heteroatoms. The Bertz CT molecular complexity index is 1190. The third-order valence-corrected chi connectivity index (χ3v) is 5.23. The molecule has 0 aliphatic carbocycles. The van der Waals surface area contributed by atoms with Gasteiger partial charge in [0.25, 0.3) is 5.91 Å². The minimum absolute atomic E-state index is 0.250. The number of urea groups is 1. The number of nitrogens with one attached hydrogen (secondary N) is 4. The Kier molecular flexibility index (Phi) is 7.27. The molecule has 3 rings (SSSR count). The van der Waals surface area contributed by atoms with Crippen molar-refractivity contribution in [2.75, 3.05) is 28.3 Å². The van der Waals surface area contributed by atoms with Gasteiger partial charge < -0.3 is 16.0 Å². The van der Waals surface area contributed by atoms with E-state index in [1.807, 2.05) is 32.0 Å². The third-order valence-electron chi connectivity index (χ3n) is 5.23. The molecule has 172 valence electrons. The second-order valence-corrected chi connectivity index (χ2v) is 8.22. The van der Waals surface area contributed by atoms with Gasteiger partial charge in [0.2, 0.25) is 0 Å². The van der Waals surface area contributed by atoms with Crippen molar-refractivity contribution in [1.29, 1.82) is 0 Å². The average Bonchev–Trinajstić information content (AvgIpc) is 2.74. The van der Waals surface area contributed by atoms with Gasteiger partial charge in [-0.05, 0) is 67.6 Å². The zero-order valence-corrected chi connectivity index (χ0v) is 19.8. The van der Waals surface area contributed by atoms with Crippen molar-refractivity contribution in [3.8, 4) is 0 Å². The van der Waals surface area contributed by atoms with Crippen LogP contribution in [0.4, 0.5) is 27.8 Å². The Balaban J connectivity index is 1.72. The largest absolute Gasteiger partial charge is 0.373 e. The van der Waals surface area contributed by atoms with Crippen LogP contribution in [-0.4, -0.2) is 29.0 Å². The number of aryl methyl sites for hydroxylation is 3. The monoisotopic (exact) mass is 446 g/mol. The Morgan fingerprint density at radius 3 is 2.21 bits per heavy atom. The molecule has 1 heterocycles. The summed E-state index contributed by atoms with van der Waals surface area (Å²) >= 11 is 0. The fraction of sp³-hybridized carbons (Fsp3) is 0.280. The van der Waals surface area contributed by atoms with Crippen LogP contribution in [0.2, 0.25) is 0 Å². The van der Waals surface area contributed by atoms with Gasteiger partial charge >= 0.3 is 6.03 Å². The van der Waals surface area contributed by atoms with E-state index < -0.39 is 6.03 Å². The highest BCUT2D eigenvalue weighted by molar-refractivity contribution is 6.06. The van der Waals surface area contributed by atoms with Crippen LogP contribution in [0.5, 0.6) is 0 Å². The van der Waals surface area contributed by atoms with E-state index in [-0.39, 0.29) is 5.91 Å². The first-order valence-corrected chi connectivity index (χ1v) is 10.8. The first-order valence-electron chi connectivity index (χ1n) is 10.8. The van der Waals surface area contributed by atoms with Gasteiger partial charge in [-0.1, -0.05) is 26.0 Å².